The number of methoxy groups -OCH3 is 1. The van der Waals surface area contributed by atoms with Gasteiger partial charge in [-0.1, -0.05) is 0 Å². The monoisotopic (exact) mass is 299 g/mol. The molecule has 0 heterocycles. The Kier molecular flexibility index (Phi) is 6.64. The summed E-state index contributed by atoms with van der Waals surface area (Å²) < 4.78 is 47.6. The fourth-order valence-corrected chi connectivity index (χ4v) is 1.31. The smallest absolute Gasteiger partial charge is 0.417 e. The molecule has 108 valence electrons. The number of hydrogen-bond acceptors (Lipinski definition) is 4. The van der Waals surface area contributed by atoms with E-state index in [1.165, 1.54) is 6.07 Å². The summed E-state index contributed by atoms with van der Waals surface area (Å²) in [5.41, 5.74) is 3.53. The topological polar surface area (TPSA) is 61.5 Å². The SMILES string of the molecule is COC(=O)c1ccc(OCCN)cc1C(F)(F)F.Cl. The average molecular weight is 300 g/mol. The van der Waals surface area contributed by atoms with Crippen molar-refractivity contribution in [3.63, 3.8) is 0 Å². The van der Waals surface area contributed by atoms with Crippen LogP contribution in [0.15, 0.2) is 18.2 Å². The van der Waals surface area contributed by atoms with Crippen molar-refractivity contribution in [1.82, 2.24) is 0 Å². The maximum absolute atomic E-state index is 12.8. The summed E-state index contributed by atoms with van der Waals surface area (Å²) in [6, 6.07) is 3.03. The van der Waals surface area contributed by atoms with Gasteiger partial charge in [0.15, 0.2) is 0 Å². The summed E-state index contributed by atoms with van der Waals surface area (Å²) >= 11 is 0. The first-order valence-electron chi connectivity index (χ1n) is 5.02. The summed E-state index contributed by atoms with van der Waals surface area (Å²) in [6.45, 7) is 0.273. The molecule has 0 aliphatic carbocycles. The van der Waals surface area contributed by atoms with E-state index >= 15 is 0 Å². The molecule has 0 fully saturated rings. The fraction of sp³-hybridized carbons (Fsp3) is 0.364. The third-order valence-corrected chi connectivity index (χ3v) is 2.09. The van der Waals surface area contributed by atoms with Crippen molar-refractivity contribution in [1.29, 1.82) is 0 Å². The largest absolute Gasteiger partial charge is 0.492 e. The lowest BCUT2D eigenvalue weighted by Crippen LogP contribution is -2.15. The minimum absolute atomic E-state index is 0. The Labute approximate surface area is 114 Å². The number of esters is 1. The molecular formula is C11H13ClF3NO3. The van der Waals surface area contributed by atoms with Crippen molar-refractivity contribution in [3.05, 3.63) is 29.3 Å². The molecule has 4 nitrogen and oxygen atoms in total. The highest BCUT2D eigenvalue weighted by atomic mass is 35.5. The van der Waals surface area contributed by atoms with Gasteiger partial charge in [-0.3, -0.25) is 0 Å². The third-order valence-electron chi connectivity index (χ3n) is 2.09. The van der Waals surface area contributed by atoms with Gasteiger partial charge in [0.05, 0.1) is 18.2 Å². The molecule has 0 saturated heterocycles. The van der Waals surface area contributed by atoms with Crippen LogP contribution in [0.25, 0.3) is 0 Å². The van der Waals surface area contributed by atoms with Crippen LogP contribution in [-0.4, -0.2) is 26.2 Å². The predicted molar refractivity (Wildman–Crippen MR) is 64.6 cm³/mol. The standard InChI is InChI=1S/C11H12F3NO3.ClH/c1-17-10(16)8-3-2-7(18-5-4-15)6-9(8)11(12,13)14;/h2-3,6H,4-5,15H2,1H3;1H. The van der Waals surface area contributed by atoms with Gasteiger partial charge in [0, 0.05) is 6.54 Å². The van der Waals surface area contributed by atoms with Crippen LogP contribution in [0, 0.1) is 0 Å². The van der Waals surface area contributed by atoms with Gasteiger partial charge in [-0.15, -0.1) is 12.4 Å². The van der Waals surface area contributed by atoms with E-state index in [4.69, 9.17) is 10.5 Å². The second kappa shape index (κ2) is 7.20. The first-order valence-corrected chi connectivity index (χ1v) is 5.02. The van der Waals surface area contributed by atoms with Crippen LogP contribution in [0.1, 0.15) is 15.9 Å². The lowest BCUT2D eigenvalue weighted by molar-refractivity contribution is -0.138. The van der Waals surface area contributed by atoms with E-state index in [9.17, 15) is 18.0 Å². The quantitative estimate of drug-likeness (QED) is 0.866. The van der Waals surface area contributed by atoms with Crippen molar-refractivity contribution < 1.29 is 27.4 Å². The van der Waals surface area contributed by atoms with E-state index in [0.29, 0.717) is 0 Å². The Morgan fingerprint density at radius 3 is 2.47 bits per heavy atom. The van der Waals surface area contributed by atoms with Crippen molar-refractivity contribution in [3.8, 4) is 5.75 Å². The Balaban J connectivity index is 0.00000324. The molecule has 0 aromatic heterocycles. The molecule has 0 saturated carbocycles. The summed E-state index contributed by atoms with van der Waals surface area (Å²) in [7, 11) is 1.02. The normalized spacial score (nSPS) is 10.6. The van der Waals surface area contributed by atoms with Crippen LogP contribution >= 0.6 is 12.4 Å². The van der Waals surface area contributed by atoms with E-state index in [0.717, 1.165) is 19.2 Å². The minimum Gasteiger partial charge on any atom is -0.492 e. The lowest BCUT2D eigenvalue weighted by atomic mass is 10.1. The average Bonchev–Trinajstić information content (AvgIpc) is 2.34. The van der Waals surface area contributed by atoms with Gasteiger partial charge in [-0.05, 0) is 18.2 Å². The van der Waals surface area contributed by atoms with Gasteiger partial charge in [0.1, 0.15) is 12.4 Å². The number of ether oxygens (including phenoxy) is 2. The molecule has 0 spiro atoms. The lowest BCUT2D eigenvalue weighted by Gasteiger charge is -2.13. The summed E-state index contributed by atoms with van der Waals surface area (Å²) in [6.07, 6.45) is -4.66. The molecule has 2 N–H and O–H groups in total. The highest BCUT2D eigenvalue weighted by molar-refractivity contribution is 5.91. The van der Waals surface area contributed by atoms with E-state index < -0.39 is 23.3 Å². The zero-order chi connectivity index (χ0) is 13.8. The fourth-order valence-electron chi connectivity index (χ4n) is 1.31. The van der Waals surface area contributed by atoms with Crippen molar-refractivity contribution in [2.75, 3.05) is 20.3 Å². The van der Waals surface area contributed by atoms with E-state index in [1.807, 2.05) is 0 Å². The van der Waals surface area contributed by atoms with E-state index in [1.54, 1.807) is 0 Å². The molecule has 1 aromatic carbocycles. The molecule has 0 bridgehead atoms. The highest BCUT2D eigenvalue weighted by Crippen LogP contribution is 2.34. The summed E-state index contributed by atoms with van der Waals surface area (Å²) in [5.74, 6) is -1.05. The number of carbonyl (C=O) groups excluding carboxylic acids is 1. The molecule has 19 heavy (non-hydrogen) atoms. The van der Waals surface area contributed by atoms with Gasteiger partial charge in [-0.25, -0.2) is 4.79 Å². The van der Waals surface area contributed by atoms with Crippen LogP contribution in [0.2, 0.25) is 0 Å². The number of hydrogen-bond donors (Lipinski definition) is 1. The first-order chi connectivity index (χ1) is 8.40. The molecule has 0 aliphatic rings. The van der Waals surface area contributed by atoms with Crippen LogP contribution in [0.5, 0.6) is 5.75 Å². The summed E-state index contributed by atoms with van der Waals surface area (Å²) in [4.78, 5) is 11.2. The van der Waals surface area contributed by atoms with E-state index in [2.05, 4.69) is 4.74 Å². The second-order valence-electron chi connectivity index (χ2n) is 3.33. The van der Waals surface area contributed by atoms with Crippen LogP contribution in [0.4, 0.5) is 13.2 Å². The van der Waals surface area contributed by atoms with Gasteiger partial charge in [0.2, 0.25) is 0 Å². The molecule has 1 rings (SSSR count). The number of halogens is 4. The first kappa shape index (κ1) is 17.5. The number of rotatable bonds is 4. The van der Waals surface area contributed by atoms with E-state index in [-0.39, 0.29) is 31.3 Å². The van der Waals surface area contributed by atoms with Crippen LogP contribution in [0.3, 0.4) is 0 Å². The van der Waals surface area contributed by atoms with Crippen LogP contribution in [-0.2, 0) is 10.9 Å². The number of carbonyl (C=O) groups is 1. The molecule has 0 aliphatic heterocycles. The Morgan fingerprint density at radius 2 is 2.00 bits per heavy atom. The van der Waals surface area contributed by atoms with Crippen molar-refractivity contribution in [2.24, 2.45) is 5.73 Å². The maximum atomic E-state index is 12.8. The van der Waals surface area contributed by atoms with Crippen LogP contribution < -0.4 is 10.5 Å². The van der Waals surface area contributed by atoms with Gasteiger partial charge >= 0.3 is 12.1 Å². The number of nitrogens with two attached hydrogens (primary N) is 1. The van der Waals surface area contributed by atoms with Crippen molar-refractivity contribution in [2.45, 2.75) is 6.18 Å². The maximum Gasteiger partial charge on any atom is 0.417 e. The minimum atomic E-state index is -4.66. The molecule has 0 unspecified atom stereocenters. The zero-order valence-electron chi connectivity index (χ0n) is 9.99. The highest BCUT2D eigenvalue weighted by Gasteiger charge is 2.36. The Hall–Kier alpha value is -1.47. The molecular weight excluding hydrogens is 287 g/mol. The Bertz CT molecular complexity index is 438. The molecule has 1 aromatic rings. The molecule has 8 heteroatoms. The third kappa shape index (κ3) is 4.60. The number of benzene rings is 1. The Morgan fingerprint density at radius 1 is 1.37 bits per heavy atom. The zero-order valence-corrected chi connectivity index (χ0v) is 10.8. The molecule has 0 amide bonds. The number of alkyl halides is 3. The molecule has 0 atom stereocenters. The van der Waals surface area contributed by atoms with Gasteiger partial charge < -0.3 is 15.2 Å². The summed E-state index contributed by atoms with van der Waals surface area (Å²) in [5, 5.41) is 0. The van der Waals surface area contributed by atoms with Crippen molar-refractivity contribution >= 4 is 18.4 Å². The second-order valence-corrected chi connectivity index (χ2v) is 3.33. The molecule has 0 radical (unpaired) electrons. The van der Waals surface area contributed by atoms with Gasteiger partial charge in [-0.2, -0.15) is 13.2 Å². The predicted octanol–water partition coefficient (Wildman–Crippen LogP) is 2.25. The van der Waals surface area contributed by atoms with Gasteiger partial charge in [0.25, 0.3) is 0 Å².